The lowest BCUT2D eigenvalue weighted by molar-refractivity contribution is 0.0672. The number of fused-ring (bicyclic) bond motifs is 1. The smallest absolute Gasteiger partial charge is 0.262 e. The van der Waals surface area contributed by atoms with E-state index in [1.165, 1.54) is 0 Å². The molecule has 152 valence electrons. The summed E-state index contributed by atoms with van der Waals surface area (Å²) in [6, 6.07) is 2.14. The molecule has 2 saturated heterocycles. The predicted octanol–water partition coefficient (Wildman–Crippen LogP) is 1.73. The summed E-state index contributed by atoms with van der Waals surface area (Å²) in [7, 11) is 0. The number of rotatable bonds is 4. The van der Waals surface area contributed by atoms with E-state index in [0.29, 0.717) is 36.0 Å². The van der Waals surface area contributed by atoms with Gasteiger partial charge in [-0.25, -0.2) is 19.6 Å². The van der Waals surface area contributed by atoms with Crippen LogP contribution in [0.3, 0.4) is 0 Å². The molecule has 0 bridgehead atoms. The Morgan fingerprint density at radius 2 is 2.03 bits per heavy atom. The first-order valence-corrected chi connectivity index (χ1v) is 10.2. The quantitative estimate of drug-likeness (QED) is 0.718. The van der Waals surface area contributed by atoms with E-state index in [0.717, 1.165) is 37.4 Å². The lowest BCUT2D eigenvalue weighted by atomic mass is 9.96. The Balaban J connectivity index is 1.38. The van der Waals surface area contributed by atoms with Gasteiger partial charge in [-0.3, -0.25) is 9.69 Å². The first kappa shape index (κ1) is 18.4. The molecule has 0 aliphatic carbocycles. The van der Waals surface area contributed by atoms with Crippen molar-refractivity contribution in [2.75, 3.05) is 26.3 Å². The monoisotopic (exact) mass is 395 g/mol. The number of aryl methyl sites for hydroxylation is 1. The van der Waals surface area contributed by atoms with Crippen molar-refractivity contribution in [1.82, 2.24) is 34.6 Å². The van der Waals surface area contributed by atoms with Gasteiger partial charge in [-0.15, -0.1) is 0 Å². The van der Waals surface area contributed by atoms with Crippen LogP contribution in [0.1, 0.15) is 55.1 Å². The Bertz CT molecular complexity index is 1080. The van der Waals surface area contributed by atoms with Gasteiger partial charge >= 0.3 is 0 Å². The molecule has 2 aliphatic heterocycles. The van der Waals surface area contributed by atoms with Gasteiger partial charge < -0.3 is 9.72 Å². The number of H-pyrrole nitrogens is 1. The van der Waals surface area contributed by atoms with Crippen molar-refractivity contribution in [2.24, 2.45) is 0 Å². The van der Waals surface area contributed by atoms with Crippen LogP contribution in [0.4, 0.5) is 0 Å². The molecule has 0 saturated carbocycles. The van der Waals surface area contributed by atoms with E-state index in [-0.39, 0.29) is 17.6 Å². The maximum atomic E-state index is 12.6. The van der Waals surface area contributed by atoms with Gasteiger partial charge in [0.05, 0.1) is 18.3 Å². The predicted molar refractivity (Wildman–Crippen MR) is 107 cm³/mol. The number of likely N-dealkylation sites (tertiary alicyclic amines) is 1. The molecule has 5 heterocycles. The van der Waals surface area contributed by atoms with Gasteiger partial charge in [0.2, 0.25) is 0 Å². The molecule has 0 spiro atoms. The minimum absolute atomic E-state index is 0.00574. The summed E-state index contributed by atoms with van der Waals surface area (Å²) in [6.07, 6.45) is 5.22. The maximum absolute atomic E-state index is 12.6. The molecule has 0 radical (unpaired) electrons. The summed E-state index contributed by atoms with van der Waals surface area (Å²) in [5, 5.41) is 5.01. The zero-order chi connectivity index (χ0) is 20.0. The summed E-state index contributed by atoms with van der Waals surface area (Å²) in [5.74, 6) is 1.89. The van der Waals surface area contributed by atoms with E-state index in [1.807, 2.05) is 23.9 Å². The summed E-state index contributed by atoms with van der Waals surface area (Å²) in [5.41, 5.74) is 1.52. The van der Waals surface area contributed by atoms with Crippen molar-refractivity contribution in [3.8, 4) is 0 Å². The largest absolute Gasteiger partial charge is 0.381 e. The average Bonchev–Trinajstić information content (AvgIpc) is 3.12. The molecule has 5 rings (SSSR count). The highest BCUT2D eigenvalue weighted by Crippen LogP contribution is 2.32. The van der Waals surface area contributed by atoms with Crippen LogP contribution in [0, 0.1) is 6.92 Å². The topological polar surface area (TPSA) is 102 Å². The second-order valence-electron chi connectivity index (χ2n) is 8.00. The van der Waals surface area contributed by atoms with Gasteiger partial charge in [-0.05, 0) is 32.8 Å². The van der Waals surface area contributed by atoms with Crippen molar-refractivity contribution in [3.05, 3.63) is 46.2 Å². The first-order valence-electron chi connectivity index (χ1n) is 10.2. The Morgan fingerprint density at radius 3 is 2.79 bits per heavy atom. The molecule has 9 heteroatoms. The van der Waals surface area contributed by atoms with Crippen LogP contribution in [-0.4, -0.2) is 60.9 Å². The van der Waals surface area contributed by atoms with E-state index in [9.17, 15) is 4.79 Å². The van der Waals surface area contributed by atoms with Gasteiger partial charge in [0.15, 0.2) is 5.65 Å². The molecular formula is C20H25N7O2. The number of aromatic amines is 1. The maximum Gasteiger partial charge on any atom is 0.262 e. The molecular weight excluding hydrogens is 370 g/mol. The fourth-order valence-electron chi connectivity index (χ4n) is 4.18. The molecule has 3 aromatic heterocycles. The molecule has 1 atom stereocenters. The van der Waals surface area contributed by atoms with Gasteiger partial charge in [0.25, 0.3) is 5.56 Å². The lowest BCUT2D eigenvalue weighted by Crippen LogP contribution is -2.47. The molecule has 3 aromatic rings. The summed E-state index contributed by atoms with van der Waals surface area (Å²) in [6.45, 7) is 7.20. The number of nitrogens with zero attached hydrogens (tertiary/aromatic N) is 6. The Morgan fingerprint density at radius 1 is 1.24 bits per heavy atom. The molecule has 0 unspecified atom stereocenters. The number of hydrogen-bond acceptors (Lipinski definition) is 7. The van der Waals surface area contributed by atoms with E-state index in [4.69, 9.17) is 9.72 Å². The third-order valence-electron chi connectivity index (χ3n) is 6.05. The Hall–Kier alpha value is -2.65. The molecule has 1 N–H and O–H groups in total. The fraction of sp³-hybridized carbons (Fsp3) is 0.550. The van der Waals surface area contributed by atoms with Gasteiger partial charge in [0.1, 0.15) is 17.0 Å². The minimum atomic E-state index is -0.130. The molecule has 0 amide bonds. The zero-order valence-corrected chi connectivity index (χ0v) is 16.7. The Labute approximate surface area is 168 Å². The minimum Gasteiger partial charge on any atom is -0.381 e. The molecule has 2 aliphatic rings. The zero-order valence-electron chi connectivity index (χ0n) is 16.7. The average molecular weight is 395 g/mol. The summed E-state index contributed by atoms with van der Waals surface area (Å²) in [4.78, 5) is 31.7. The van der Waals surface area contributed by atoms with Crippen LogP contribution in [0.25, 0.3) is 11.0 Å². The highest BCUT2D eigenvalue weighted by Gasteiger charge is 2.35. The Kier molecular flexibility index (Phi) is 4.63. The van der Waals surface area contributed by atoms with Crippen LogP contribution in [0.5, 0.6) is 0 Å². The van der Waals surface area contributed by atoms with Crippen LogP contribution in [0.2, 0.25) is 0 Å². The number of ether oxygens (including phenoxy) is 1. The highest BCUT2D eigenvalue weighted by molar-refractivity contribution is 5.73. The van der Waals surface area contributed by atoms with Crippen LogP contribution < -0.4 is 5.56 Å². The summed E-state index contributed by atoms with van der Waals surface area (Å²) >= 11 is 0. The number of hydrogen-bond donors (Lipinski definition) is 1. The van der Waals surface area contributed by atoms with Gasteiger partial charge in [-0.2, -0.15) is 5.10 Å². The molecule has 9 nitrogen and oxygen atoms in total. The van der Waals surface area contributed by atoms with E-state index in [2.05, 4.69) is 31.9 Å². The SMILES string of the molecule is Cc1ccnc(C2CN([C@H](C)c3nc4c(cnn4C4CCOCC4)c(=O)[nH]3)C2)n1. The standard InChI is InChI=1S/C20H25N7O2/c1-12-3-6-21-18(23-12)14-10-26(11-14)13(2)17-24-19-16(20(28)25-17)9-22-27(19)15-4-7-29-8-5-15/h3,6,9,13-15H,4-5,7-8,10-11H2,1-2H3,(H,24,25,28)/t13-/m1/s1. The molecule has 29 heavy (non-hydrogen) atoms. The molecule has 0 aromatic carbocycles. The van der Waals surface area contributed by atoms with Crippen molar-refractivity contribution in [1.29, 1.82) is 0 Å². The number of aromatic nitrogens is 6. The number of nitrogens with one attached hydrogen (secondary N) is 1. The lowest BCUT2D eigenvalue weighted by Gasteiger charge is -2.41. The van der Waals surface area contributed by atoms with Crippen LogP contribution >= 0.6 is 0 Å². The third kappa shape index (κ3) is 3.34. The van der Waals surface area contributed by atoms with Crippen molar-refractivity contribution in [2.45, 2.75) is 44.7 Å². The van der Waals surface area contributed by atoms with Gasteiger partial charge in [-0.1, -0.05) is 0 Å². The van der Waals surface area contributed by atoms with Gasteiger partial charge in [0, 0.05) is 44.1 Å². The van der Waals surface area contributed by atoms with Crippen LogP contribution in [0.15, 0.2) is 23.3 Å². The van der Waals surface area contributed by atoms with Crippen molar-refractivity contribution in [3.63, 3.8) is 0 Å². The molecule has 2 fully saturated rings. The van der Waals surface area contributed by atoms with Crippen molar-refractivity contribution < 1.29 is 4.74 Å². The van der Waals surface area contributed by atoms with Crippen LogP contribution in [-0.2, 0) is 4.74 Å². The second kappa shape index (κ2) is 7.31. The van der Waals surface area contributed by atoms with E-state index < -0.39 is 0 Å². The third-order valence-corrected chi connectivity index (χ3v) is 6.05. The second-order valence-corrected chi connectivity index (χ2v) is 8.00. The fourth-order valence-corrected chi connectivity index (χ4v) is 4.18. The van der Waals surface area contributed by atoms with E-state index >= 15 is 0 Å². The highest BCUT2D eigenvalue weighted by atomic mass is 16.5. The van der Waals surface area contributed by atoms with E-state index in [1.54, 1.807) is 6.20 Å². The normalized spacial score (nSPS) is 20.1. The van der Waals surface area contributed by atoms with Crippen molar-refractivity contribution >= 4 is 11.0 Å². The summed E-state index contributed by atoms with van der Waals surface area (Å²) < 4.78 is 7.36. The first-order chi connectivity index (χ1) is 14.1.